The van der Waals surface area contributed by atoms with E-state index in [1.807, 2.05) is 5.38 Å². The zero-order chi connectivity index (χ0) is 20.0. The van der Waals surface area contributed by atoms with E-state index in [0.29, 0.717) is 21.4 Å². The summed E-state index contributed by atoms with van der Waals surface area (Å²) in [6.07, 6.45) is 4.31. The van der Waals surface area contributed by atoms with Crippen LogP contribution in [0.15, 0.2) is 35.7 Å². The summed E-state index contributed by atoms with van der Waals surface area (Å²) in [5.41, 5.74) is 10.6. The van der Waals surface area contributed by atoms with Crippen molar-refractivity contribution in [1.29, 1.82) is 0 Å². The van der Waals surface area contributed by atoms with Crippen molar-refractivity contribution < 1.29 is 9.18 Å². The summed E-state index contributed by atoms with van der Waals surface area (Å²) in [6.45, 7) is 0. The zero-order valence-electron chi connectivity index (χ0n) is 15.4. The van der Waals surface area contributed by atoms with Crippen molar-refractivity contribution in [3.05, 3.63) is 57.7 Å². The summed E-state index contributed by atoms with van der Waals surface area (Å²) in [6, 6.07) is 8.19. The second-order valence-electron chi connectivity index (χ2n) is 7.00. The molecule has 5 rings (SSSR count). The molecule has 0 atom stereocenters. The molecule has 0 saturated carbocycles. The third kappa shape index (κ3) is 3.38. The van der Waals surface area contributed by atoms with Crippen molar-refractivity contribution in [2.45, 2.75) is 25.7 Å². The molecular formula is C21H17FN4OS2. The minimum Gasteiger partial charge on any atom is -0.397 e. The van der Waals surface area contributed by atoms with Crippen LogP contribution in [0.1, 0.15) is 33.8 Å². The molecule has 0 spiro atoms. The first-order chi connectivity index (χ1) is 14.1. The van der Waals surface area contributed by atoms with Crippen LogP contribution in [0.3, 0.4) is 0 Å². The Bertz CT molecular complexity index is 1230. The van der Waals surface area contributed by atoms with Gasteiger partial charge in [-0.25, -0.2) is 14.4 Å². The standard InChI is InChI=1S/C21H17FN4OS2/c22-13-7-5-11(6-8-13)16-10-28-21(25-16)26-19(27)18-17(23)14-9-12-3-1-2-4-15(12)24-20(14)29-18/h5-10H,1-4,23H2,(H,25,26,27). The van der Waals surface area contributed by atoms with E-state index in [0.717, 1.165) is 47.2 Å². The van der Waals surface area contributed by atoms with E-state index < -0.39 is 0 Å². The molecule has 0 aliphatic heterocycles. The Hall–Kier alpha value is -2.84. The van der Waals surface area contributed by atoms with Gasteiger partial charge in [-0.2, -0.15) is 0 Å². The van der Waals surface area contributed by atoms with Crippen LogP contribution in [-0.4, -0.2) is 15.9 Å². The molecule has 29 heavy (non-hydrogen) atoms. The summed E-state index contributed by atoms with van der Waals surface area (Å²) in [5, 5.41) is 5.98. The van der Waals surface area contributed by atoms with E-state index in [-0.39, 0.29) is 11.7 Å². The monoisotopic (exact) mass is 424 g/mol. The average molecular weight is 425 g/mol. The van der Waals surface area contributed by atoms with Crippen LogP contribution in [0.5, 0.6) is 0 Å². The van der Waals surface area contributed by atoms with Crippen LogP contribution < -0.4 is 11.1 Å². The lowest BCUT2D eigenvalue weighted by Gasteiger charge is -2.14. The number of carbonyl (C=O) groups excluding carboxylic acids is 1. The summed E-state index contributed by atoms with van der Waals surface area (Å²) in [7, 11) is 0. The summed E-state index contributed by atoms with van der Waals surface area (Å²) >= 11 is 2.63. The van der Waals surface area contributed by atoms with Gasteiger partial charge in [0.25, 0.3) is 5.91 Å². The van der Waals surface area contributed by atoms with Gasteiger partial charge >= 0.3 is 0 Å². The molecule has 0 fully saturated rings. The number of aryl methyl sites for hydroxylation is 2. The molecule has 5 nitrogen and oxygen atoms in total. The van der Waals surface area contributed by atoms with Crippen molar-refractivity contribution in [3.8, 4) is 11.3 Å². The highest BCUT2D eigenvalue weighted by molar-refractivity contribution is 7.21. The SMILES string of the molecule is Nc1c(C(=O)Nc2nc(-c3ccc(F)cc3)cs2)sc2nc3c(cc12)CCCC3. The van der Waals surface area contributed by atoms with Crippen molar-refractivity contribution in [2.24, 2.45) is 0 Å². The molecule has 3 aromatic heterocycles. The van der Waals surface area contributed by atoms with Crippen molar-refractivity contribution in [2.75, 3.05) is 11.1 Å². The number of rotatable bonds is 3. The Morgan fingerprint density at radius 3 is 2.76 bits per heavy atom. The lowest BCUT2D eigenvalue weighted by molar-refractivity contribution is 0.103. The van der Waals surface area contributed by atoms with Crippen LogP contribution in [-0.2, 0) is 12.8 Å². The third-order valence-corrected chi connectivity index (χ3v) is 6.94. The first-order valence-corrected chi connectivity index (χ1v) is 11.0. The van der Waals surface area contributed by atoms with Crippen LogP contribution >= 0.6 is 22.7 Å². The van der Waals surface area contributed by atoms with E-state index in [4.69, 9.17) is 10.7 Å². The molecule has 1 aromatic carbocycles. The van der Waals surface area contributed by atoms with Gasteiger partial charge in [-0.05, 0) is 61.6 Å². The molecule has 1 aliphatic carbocycles. The Labute approximate surface area is 174 Å². The van der Waals surface area contributed by atoms with Crippen LogP contribution in [0.4, 0.5) is 15.2 Å². The summed E-state index contributed by atoms with van der Waals surface area (Å²) in [4.78, 5) is 23.3. The topological polar surface area (TPSA) is 80.9 Å². The summed E-state index contributed by atoms with van der Waals surface area (Å²) in [5.74, 6) is -0.587. The first-order valence-electron chi connectivity index (χ1n) is 9.32. The molecule has 0 bridgehead atoms. The first kappa shape index (κ1) is 18.2. The quantitative estimate of drug-likeness (QED) is 0.469. The number of nitrogens with two attached hydrogens (primary N) is 1. The van der Waals surface area contributed by atoms with Gasteiger partial charge in [-0.1, -0.05) is 0 Å². The highest BCUT2D eigenvalue weighted by atomic mass is 32.1. The number of fused-ring (bicyclic) bond motifs is 2. The van der Waals surface area contributed by atoms with Gasteiger partial charge in [0.2, 0.25) is 0 Å². The number of anilines is 2. The Kier molecular flexibility index (Phi) is 4.52. The fourth-order valence-electron chi connectivity index (χ4n) is 3.57. The maximum Gasteiger partial charge on any atom is 0.269 e. The molecule has 0 radical (unpaired) electrons. The normalized spacial score (nSPS) is 13.4. The van der Waals surface area contributed by atoms with E-state index in [2.05, 4.69) is 16.4 Å². The third-order valence-electron chi connectivity index (χ3n) is 5.07. The number of pyridine rings is 1. The second kappa shape index (κ2) is 7.20. The van der Waals surface area contributed by atoms with Crippen LogP contribution in [0.25, 0.3) is 21.5 Å². The number of carbonyl (C=O) groups is 1. The summed E-state index contributed by atoms with van der Waals surface area (Å²) < 4.78 is 13.1. The number of thiazole rings is 1. The molecule has 0 unspecified atom stereocenters. The molecule has 146 valence electrons. The lowest BCUT2D eigenvalue weighted by atomic mass is 9.95. The smallest absolute Gasteiger partial charge is 0.269 e. The van der Waals surface area contributed by atoms with E-state index in [9.17, 15) is 9.18 Å². The van der Waals surface area contributed by atoms with Gasteiger partial charge in [0.05, 0.1) is 11.4 Å². The molecule has 1 amide bonds. The van der Waals surface area contributed by atoms with E-state index in [1.165, 1.54) is 40.4 Å². The number of aromatic nitrogens is 2. The molecule has 3 N–H and O–H groups in total. The Balaban J connectivity index is 1.41. The largest absolute Gasteiger partial charge is 0.397 e. The second-order valence-corrected chi connectivity index (χ2v) is 8.85. The highest BCUT2D eigenvalue weighted by Gasteiger charge is 2.21. The van der Waals surface area contributed by atoms with Gasteiger partial charge in [0, 0.05) is 22.0 Å². The molecule has 3 heterocycles. The number of thiophene rings is 1. The van der Waals surface area contributed by atoms with Crippen molar-refractivity contribution in [3.63, 3.8) is 0 Å². The molecule has 8 heteroatoms. The molecular weight excluding hydrogens is 407 g/mol. The van der Waals surface area contributed by atoms with E-state index >= 15 is 0 Å². The number of halogens is 1. The fraction of sp³-hybridized carbons (Fsp3) is 0.190. The molecule has 4 aromatic rings. The zero-order valence-corrected chi connectivity index (χ0v) is 17.0. The maximum atomic E-state index is 13.1. The van der Waals surface area contributed by atoms with Crippen LogP contribution in [0.2, 0.25) is 0 Å². The minimum atomic E-state index is -0.298. The van der Waals surface area contributed by atoms with Crippen molar-refractivity contribution in [1.82, 2.24) is 9.97 Å². The van der Waals surface area contributed by atoms with Gasteiger partial charge in [0.1, 0.15) is 15.5 Å². The number of benzene rings is 1. The number of hydrogen-bond acceptors (Lipinski definition) is 6. The number of nitrogen functional groups attached to an aromatic ring is 1. The van der Waals surface area contributed by atoms with E-state index in [1.54, 1.807) is 12.1 Å². The maximum absolute atomic E-state index is 13.1. The number of amides is 1. The average Bonchev–Trinajstić information content (AvgIpc) is 3.32. The Morgan fingerprint density at radius 2 is 1.93 bits per heavy atom. The van der Waals surface area contributed by atoms with Crippen LogP contribution in [0, 0.1) is 5.82 Å². The fourth-order valence-corrected chi connectivity index (χ4v) is 5.27. The molecule has 0 saturated heterocycles. The molecule has 1 aliphatic rings. The Morgan fingerprint density at radius 1 is 1.14 bits per heavy atom. The van der Waals surface area contributed by atoms with Gasteiger partial charge < -0.3 is 5.73 Å². The highest BCUT2D eigenvalue weighted by Crippen LogP contribution is 2.36. The van der Waals surface area contributed by atoms with Gasteiger partial charge in [-0.15, -0.1) is 22.7 Å². The van der Waals surface area contributed by atoms with Gasteiger partial charge in [-0.3, -0.25) is 10.1 Å². The minimum absolute atomic E-state index is 0.288. The number of hydrogen-bond donors (Lipinski definition) is 2. The number of nitrogens with zero attached hydrogens (tertiary/aromatic N) is 2. The van der Waals surface area contributed by atoms with Gasteiger partial charge in [0.15, 0.2) is 5.13 Å². The lowest BCUT2D eigenvalue weighted by Crippen LogP contribution is -2.11. The van der Waals surface area contributed by atoms with Crippen molar-refractivity contribution >= 4 is 49.6 Å². The predicted molar refractivity (Wildman–Crippen MR) is 116 cm³/mol. The number of nitrogens with one attached hydrogen (secondary N) is 1. The predicted octanol–water partition coefficient (Wildman–Crippen LogP) is 5.27.